The van der Waals surface area contributed by atoms with Gasteiger partial charge in [0.05, 0.1) is 20.8 Å². The fraction of sp³-hybridized carbons (Fsp3) is 0.579. The molecule has 1 aromatic carbocycles. The van der Waals surface area contributed by atoms with E-state index in [0.717, 1.165) is 18.4 Å². The second kappa shape index (κ2) is 8.84. The predicted molar refractivity (Wildman–Crippen MR) is 103 cm³/mol. The second-order valence-corrected chi connectivity index (χ2v) is 7.73. The van der Waals surface area contributed by atoms with Crippen molar-refractivity contribution in [2.24, 2.45) is 5.92 Å². The molecule has 2 aliphatic rings. The molecule has 2 fully saturated rings. The Kier molecular flexibility index (Phi) is 6.49. The molecule has 2 amide bonds. The zero-order valence-electron chi connectivity index (χ0n) is 15.9. The molecule has 0 radical (unpaired) electrons. The van der Waals surface area contributed by atoms with Gasteiger partial charge in [-0.1, -0.05) is 6.07 Å². The van der Waals surface area contributed by atoms with Gasteiger partial charge in [-0.15, -0.1) is 11.8 Å². The highest BCUT2D eigenvalue weighted by atomic mass is 32.2. The molecule has 148 valence electrons. The Morgan fingerprint density at radius 2 is 1.93 bits per heavy atom. The summed E-state index contributed by atoms with van der Waals surface area (Å²) in [4.78, 5) is 27.4. The molecule has 27 heavy (non-hydrogen) atoms. The maximum absolute atomic E-state index is 13.0. The summed E-state index contributed by atoms with van der Waals surface area (Å²) in [5.74, 6) is 1.79. The van der Waals surface area contributed by atoms with Gasteiger partial charge in [-0.2, -0.15) is 0 Å². The van der Waals surface area contributed by atoms with Crippen molar-refractivity contribution in [3.8, 4) is 11.5 Å². The highest BCUT2D eigenvalue weighted by Crippen LogP contribution is 2.46. The molecule has 1 heterocycles. The molecule has 0 spiro atoms. The summed E-state index contributed by atoms with van der Waals surface area (Å²) in [6, 6.07) is 5.17. The average Bonchev–Trinajstić information content (AvgIpc) is 3.45. The van der Waals surface area contributed by atoms with Crippen LogP contribution in [0.1, 0.15) is 23.8 Å². The fourth-order valence-electron chi connectivity index (χ4n) is 3.18. The van der Waals surface area contributed by atoms with E-state index in [1.807, 2.05) is 18.2 Å². The number of nitrogens with zero attached hydrogens (tertiary/aromatic N) is 1. The smallest absolute Gasteiger partial charge is 0.243 e. The second-order valence-electron chi connectivity index (χ2n) is 6.62. The molecule has 1 saturated carbocycles. The molecule has 1 aromatic rings. The summed E-state index contributed by atoms with van der Waals surface area (Å²) in [5, 5.41) is 2.65. The SMILES string of the molecule is COCCNC(=O)[C@H]1CS[C@H](c2ccc(OC)c(OC)c2)N1C(=O)C1CC1. The molecule has 0 aromatic heterocycles. The number of hydrogen-bond acceptors (Lipinski definition) is 6. The molecule has 1 N–H and O–H groups in total. The van der Waals surface area contributed by atoms with Gasteiger partial charge in [0.15, 0.2) is 11.5 Å². The van der Waals surface area contributed by atoms with Crippen LogP contribution in [0.5, 0.6) is 11.5 Å². The number of carbonyl (C=O) groups excluding carboxylic acids is 2. The van der Waals surface area contributed by atoms with Crippen molar-refractivity contribution in [2.45, 2.75) is 24.3 Å². The molecule has 1 saturated heterocycles. The summed E-state index contributed by atoms with van der Waals surface area (Å²) in [6.45, 7) is 0.879. The molecular weight excluding hydrogens is 368 g/mol. The van der Waals surface area contributed by atoms with E-state index in [0.29, 0.717) is 30.4 Å². The molecule has 1 aliphatic heterocycles. The van der Waals surface area contributed by atoms with E-state index in [4.69, 9.17) is 14.2 Å². The van der Waals surface area contributed by atoms with Crippen LogP contribution in [-0.4, -0.2) is 63.0 Å². The Balaban J connectivity index is 1.83. The van der Waals surface area contributed by atoms with Gasteiger partial charge in [0.25, 0.3) is 0 Å². The van der Waals surface area contributed by atoms with E-state index in [1.165, 1.54) is 0 Å². The van der Waals surface area contributed by atoms with Crippen molar-refractivity contribution in [1.82, 2.24) is 10.2 Å². The van der Waals surface area contributed by atoms with E-state index < -0.39 is 6.04 Å². The molecule has 1 aliphatic carbocycles. The first-order valence-corrected chi connectivity index (χ1v) is 10.1. The molecular formula is C19H26N2O5S. The molecule has 3 rings (SSSR count). The number of amides is 2. The van der Waals surface area contributed by atoms with Gasteiger partial charge in [-0.05, 0) is 30.5 Å². The third-order valence-corrected chi connectivity index (χ3v) is 6.11. The minimum absolute atomic E-state index is 0.0422. The molecule has 0 unspecified atom stereocenters. The highest BCUT2D eigenvalue weighted by molar-refractivity contribution is 7.99. The van der Waals surface area contributed by atoms with Crippen LogP contribution in [0.4, 0.5) is 0 Å². The lowest BCUT2D eigenvalue weighted by atomic mass is 10.1. The number of rotatable bonds is 8. The van der Waals surface area contributed by atoms with Gasteiger partial charge in [-0.25, -0.2) is 0 Å². The first-order chi connectivity index (χ1) is 13.1. The normalized spacial score (nSPS) is 21.8. The fourth-order valence-corrected chi connectivity index (χ4v) is 4.60. The number of thioether (sulfide) groups is 1. The summed E-state index contributed by atoms with van der Waals surface area (Å²) < 4.78 is 15.7. The molecule has 7 nitrogen and oxygen atoms in total. The number of carbonyl (C=O) groups is 2. The van der Waals surface area contributed by atoms with Gasteiger partial charge in [0.1, 0.15) is 11.4 Å². The summed E-state index contributed by atoms with van der Waals surface area (Å²) in [5.41, 5.74) is 0.929. The monoisotopic (exact) mass is 394 g/mol. The first-order valence-electron chi connectivity index (χ1n) is 9.03. The summed E-state index contributed by atoms with van der Waals surface area (Å²) in [7, 11) is 4.77. The van der Waals surface area contributed by atoms with E-state index in [1.54, 1.807) is 38.0 Å². The quantitative estimate of drug-likeness (QED) is 0.678. The zero-order chi connectivity index (χ0) is 19.4. The summed E-state index contributed by atoms with van der Waals surface area (Å²) in [6.07, 6.45) is 1.80. The minimum atomic E-state index is -0.474. The van der Waals surface area contributed by atoms with Crippen molar-refractivity contribution in [3.05, 3.63) is 23.8 Å². The van der Waals surface area contributed by atoms with Crippen molar-refractivity contribution in [3.63, 3.8) is 0 Å². The van der Waals surface area contributed by atoms with Gasteiger partial charge in [0, 0.05) is 25.3 Å². The van der Waals surface area contributed by atoms with Gasteiger partial charge in [-0.3, -0.25) is 9.59 Å². The van der Waals surface area contributed by atoms with Crippen LogP contribution >= 0.6 is 11.8 Å². The Morgan fingerprint density at radius 1 is 1.19 bits per heavy atom. The van der Waals surface area contributed by atoms with Crippen LogP contribution in [0.25, 0.3) is 0 Å². The van der Waals surface area contributed by atoms with Gasteiger partial charge >= 0.3 is 0 Å². The van der Waals surface area contributed by atoms with Crippen LogP contribution in [0.15, 0.2) is 18.2 Å². The van der Waals surface area contributed by atoms with Crippen molar-refractivity contribution >= 4 is 23.6 Å². The van der Waals surface area contributed by atoms with Crippen LogP contribution in [0.3, 0.4) is 0 Å². The number of ether oxygens (including phenoxy) is 3. The third kappa shape index (κ3) is 4.32. The number of hydrogen-bond donors (Lipinski definition) is 1. The van der Waals surface area contributed by atoms with E-state index in [9.17, 15) is 9.59 Å². The predicted octanol–water partition coefficient (Wildman–Crippen LogP) is 1.82. The van der Waals surface area contributed by atoms with Crippen LogP contribution < -0.4 is 14.8 Å². The molecule has 2 atom stereocenters. The van der Waals surface area contributed by atoms with Crippen molar-refractivity contribution < 1.29 is 23.8 Å². The third-order valence-electron chi connectivity index (χ3n) is 4.78. The van der Waals surface area contributed by atoms with Crippen molar-refractivity contribution in [1.29, 1.82) is 0 Å². The lowest BCUT2D eigenvalue weighted by Gasteiger charge is -2.29. The Morgan fingerprint density at radius 3 is 2.56 bits per heavy atom. The first kappa shape index (κ1) is 19.8. The van der Waals surface area contributed by atoms with Crippen LogP contribution in [0.2, 0.25) is 0 Å². The maximum atomic E-state index is 13.0. The number of nitrogens with one attached hydrogen (secondary N) is 1. The minimum Gasteiger partial charge on any atom is -0.493 e. The van der Waals surface area contributed by atoms with E-state index in [2.05, 4.69) is 5.32 Å². The van der Waals surface area contributed by atoms with Gasteiger partial charge < -0.3 is 24.4 Å². The van der Waals surface area contributed by atoms with Crippen molar-refractivity contribution in [2.75, 3.05) is 40.2 Å². The summed E-state index contributed by atoms with van der Waals surface area (Å²) >= 11 is 1.60. The maximum Gasteiger partial charge on any atom is 0.243 e. The number of methoxy groups -OCH3 is 3. The average molecular weight is 394 g/mol. The topological polar surface area (TPSA) is 77.1 Å². The Labute approximate surface area is 163 Å². The Bertz CT molecular complexity index is 695. The molecule has 8 heteroatoms. The van der Waals surface area contributed by atoms with E-state index >= 15 is 0 Å². The van der Waals surface area contributed by atoms with Gasteiger partial charge in [0.2, 0.25) is 11.8 Å². The number of benzene rings is 1. The highest BCUT2D eigenvalue weighted by Gasteiger charge is 2.46. The Hall–Kier alpha value is -1.93. The zero-order valence-corrected chi connectivity index (χ0v) is 16.7. The van der Waals surface area contributed by atoms with Crippen LogP contribution in [0, 0.1) is 5.92 Å². The van der Waals surface area contributed by atoms with Crippen LogP contribution in [-0.2, 0) is 14.3 Å². The van der Waals surface area contributed by atoms with E-state index in [-0.39, 0.29) is 23.1 Å². The lowest BCUT2D eigenvalue weighted by Crippen LogP contribution is -2.49. The largest absolute Gasteiger partial charge is 0.493 e. The standard InChI is InChI=1S/C19H26N2O5S/c1-24-9-8-20-17(22)14-11-27-19(21(14)18(23)12-4-5-12)13-6-7-15(25-2)16(10-13)26-3/h6-7,10,12,14,19H,4-5,8-9,11H2,1-3H3,(H,20,22)/t14-,19-/m1/s1. The molecule has 0 bridgehead atoms. The lowest BCUT2D eigenvalue weighted by molar-refractivity contribution is -0.140.